The quantitative estimate of drug-likeness (QED) is 0.843. The van der Waals surface area contributed by atoms with Crippen LogP contribution in [0.1, 0.15) is 23.2 Å². The molecule has 2 heterocycles. The third kappa shape index (κ3) is 4.08. The molecule has 0 aliphatic carbocycles. The first-order chi connectivity index (χ1) is 11.1. The number of likely N-dealkylation sites (tertiary alicyclic amines) is 1. The van der Waals surface area contributed by atoms with E-state index < -0.39 is 0 Å². The molecule has 2 aromatic rings. The zero-order chi connectivity index (χ0) is 16.2. The average molecular weight is 314 g/mol. The van der Waals surface area contributed by atoms with Crippen LogP contribution in [-0.2, 0) is 13.0 Å². The fourth-order valence-electron chi connectivity index (χ4n) is 3.21. The molecule has 1 fully saturated rings. The van der Waals surface area contributed by atoms with Gasteiger partial charge in [0.1, 0.15) is 5.82 Å². The molecule has 4 heteroatoms. The van der Waals surface area contributed by atoms with Gasteiger partial charge in [0, 0.05) is 19.2 Å². The maximum Gasteiger partial charge on any atom is 0.213 e. The number of aromatic nitrogens is 1. The molecule has 1 aliphatic heterocycles. The van der Waals surface area contributed by atoms with Crippen LogP contribution >= 0.6 is 0 Å². The third-order valence-electron chi connectivity index (χ3n) is 4.51. The smallest absolute Gasteiger partial charge is 0.213 e. The summed E-state index contributed by atoms with van der Waals surface area (Å²) in [5, 5.41) is 0. The first-order valence-corrected chi connectivity index (χ1v) is 8.11. The molecule has 0 amide bonds. The summed E-state index contributed by atoms with van der Waals surface area (Å²) in [6, 6.07) is 11.5. The summed E-state index contributed by atoms with van der Waals surface area (Å²) in [5.74, 6) is 1.15. The number of halogens is 1. The van der Waals surface area contributed by atoms with Crippen LogP contribution in [0.25, 0.3) is 0 Å². The fraction of sp³-hybridized carbons (Fsp3) is 0.421. The minimum atomic E-state index is -0.0991. The van der Waals surface area contributed by atoms with Gasteiger partial charge in [-0.05, 0) is 55.5 Å². The van der Waals surface area contributed by atoms with Gasteiger partial charge < -0.3 is 4.74 Å². The average Bonchev–Trinajstić information content (AvgIpc) is 2.98. The van der Waals surface area contributed by atoms with Gasteiger partial charge in [-0.2, -0.15) is 0 Å². The topological polar surface area (TPSA) is 25.4 Å². The van der Waals surface area contributed by atoms with Crippen LogP contribution in [0.5, 0.6) is 5.88 Å². The number of ether oxygens (including phenoxy) is 1. The highest BCUT2D eigenvalue weighted by molar-refractivity contribution is 5.24. The van der Waals surface area contributed by atoms with Crippen molar-refractivity contribution >= 4 is 0 Å². The van der Waals surface area contributed by atoms with Gasteiger partial charge in [0.15, 0.2) is 0 Å². The largest absolute Gasteiger partial charge is 0.481 e. The van der Waals surface area contributed by atoms with Crippen LogP contribution in [0.3, 0.4) is 0 Å². The van der Waals surface area contributed by atoms with Gasteiger partial charge in [0.2, 0.25) is 5.88 Å². The first kappa shape index (κ1) is 15.9. The molecule has 1 unspecified atom stereocenters. The predicted molar refractivity (Wildman–Crippen MR) is 89.0 cm³/mol. The second-order valence-electron chi connectivity index (χ2n) is 6.35. The van der Waals surface area contributed by atoms with Crippen LogP contribution in [-0.4, -0.2) is 30.1 Å². The number of hydrogen-bond donors (Lipinski definition) is 0. The molecule has 122 valence electrons. The van der Waals surface area contributed by atoms with Crippen LogP contribution in [0.2, 0.25) is 0 Å². The molecule has 3 nitrogen and oxygen atoms in total. The minimum Gasteiger partial charge on any atom is -0.481 e. The minimum absolute atomic E-state index is 0.0991. The molecule has 1 aliphatic rings. The monoisotopic (exact) mass is 314 g/mol. The predicted octanol–water partition coefficient (Wildman–Crippen LogP) is 3.60. The molecule has 3 rings (SSSR count). The molecule has 1 saturated heterocycles. The van der Waals surface area contributed by atoms with Crippen LogP contribution in [0.15, 0.2) is 36.4 Å². The number of methoxy groups -OCH3 is 1. The van der Waals surface area contributed by atoms with Gasteiger partial charge >= 0.3 is 0 Å². The Labute approximate surface area is 137 Å². The van der Waals surface area contributed by atoms with Gasteiger partial charge in [-0.25, -0.2) is 9.37 Å². The Balaban J connectivity index is 1.56. The zero-order valence-electron chi connectivity index (χ0n) is 13.8. The second-order valence-corrected chi connectivity index (χ2v) is 6.35. The maximum atomic E-state index is 13.7. The van der Waals surface area contributed by atoms with E-state index >= 15 is 0 Å². The summed E-state index contributed by atoms with van der Waals surface area (Å²) >= 11 is 0. The number of rotatable bonds is 5. The van der Waals surface area contributed by atoms with Crippen molar-refractivity contribution in [1.82, 2.24) is 9.88 Å². The highest BCUT2D eigenvalue weighted by atomic mass is 19.1. The van der Waals surface area contributed by atoms with E-state index in [-0.39, 0.29) is 5.82 Å². The number of nitrogens with zero attached hydrogens (tertiary/aromatic N) is 2. The molecule has 1 aromatic heterocycles. The van der Waals surface area contributed by atoms with Gasteiger partial charge in [-0.15, -0.1) is 0 Å². The Morgan fingerprint density at radius 2 is 2.17 bits per heavy atom. The molecule has 0 saturated carbocycles. The third-order valence-corrected chi connectivity index (χ3v) is 4.51. The van der Waals surface area contributed by atoms with Crippen molar-refractivity contribution < 1.29 is 9.13 Å². The summed E-state index contributed by atoms with van der Waals surface area (Å²) in [7, 11) is 1.64. The lowest BCUT2D eigenvalue weighted by Crippen LogP contribution is -2.21. The summed E-state index contributed by atoms with van der Waals surface area (Å²) in [6.07, 6.45) is 2.10. The molecular weight excluding hydrogens is 291 g/mol. The van der Waals surface area contributed by atoms with E-state index in [1.807, 2.05) is 30.3 Å². The standard InChI is InChI=1S/C19H23FN2O/c1-14-6-7-15(11-18(14)20)10-16-8-9-22(12-16)13-17-4-3-5-19(21-17)23-2/h3-7,11,16H,8-10,12-13H2,1-2H3. The van der Waals surface area contributed by atoms with Crippen molar-refractivity contribution in [3.8, 4) is 5.88 Å². The number of pyridine rings is 1. The van der Waals surface area contributed by atoms with E-state index in [4.69, 9.17) is 4.74 Å². The van der Waals surface area contributed by atoms with E-state index in [1.54, 1.807) is 20.1 Å². The number of hydrogen-bond acceptors (Lipinski definition) is 3. The Kier molecular flexibility index (Phi) is 4.91. The lowest BCUT2D eigenvalue weighted by atomic mass is 9.98. The molecule has 0 N–H and O–H groups in total. The van der Waals surface area contributed by atoms with Gasteiger partial charge in [-0.1, -0.05) is 18.2 Å². The highest BCUT2D eigenvalue weighted by Gasteiger charge is 2.23. The lowest BCUT2D eigenvalue weighted by Gasteiger charge is -2.16. The Morgan fingerprint density at radius 1 is 1.30 bits per heavy atom. The van der Waals surface area contributed by atoms with E-state index in [0.717, 1.165) is 43.7 Å². The normalized spacial score (nSPS) is 18.3. The first-order valence-electron chi connectivity index (χ1n) is 8.11. The number of benzene rings is 1. The second kappa shape index (κ2) is 7.09. The fourth-order valence-corrected chi connectivity index (χ4v) is 3.21. The van der Waals surface area contributed by atoms with E-state index in [0.29, 0.717) is 17.4 Å². The summed E-state index contributed by atoms with van der Waals surface area (Å²) in [5.41, 5.74) is 2.84. The van der Waals surface area contributed by atoms with Crippen molar-refractivity contribution in [3.63, 3.8) is 0 Å². The Bertz CT molecular complexity index is 674. The van der Waals surface area contributed by atoms with Gasteiger partial charge in [-0.3, -0.25) is 4.90 Å². The SMILES string of the molecule is COc1cccc(CN2CCC(Cc3ccc(C)c(F)c3)C2)n1. The zero-order valence-corrected chi connectivity index (χ0v) is 13.8. The molecule has 23 heavy (non-hydrogen) atoms. The van der Waals surface area contributed by atoms with Crippen LogP contribution in [0, 0.1) is 18.7 Å². The molecule has 1 aromatic carbocycles. The molecule has 1 atom stereocenters. The summed E-state index contributed by atoms with van der Waals surface area (Å²) in [4.78, 5) is 6.89. The lowest BCUT2D eigenvalue weighted by molar-refractivity contribution is 0.309. The van der Waals surface area contributed by atoms with Crippen LogP contribution < -0.4 is 4.74 Å². The molecular formula is C19H23FN2O. The van der Waals surface area contributed by atoms with Gasteiger partial charge in [0.05, 0.1) is 12.8 Å². The van der Waals surface area contributed by atoms with E-state index in [2.05, 4.69) is 9.88 Å². The maximum absolute atomic E-state index is 13.7. The van der Waals surface area contributed by atoms with Gasteiger partial charge in [0.25, 0.3) is 0 Å². The van der Waals surface area contributed by atoms with E-state index in [9.17, 15) is 4.39 Å². The highest BCUT2D eigenvalue weighted by Crippen LogP contribution is 2.23. The van der Waals surface area contributed by atoms with Crippen LogP contribution in [0.4, 0.5) is 4.39 Å². The Hall–Kier alpha value is -1.94. The molecule has 0 bridgehead atoms. The van der Waals surface area contributed by atoms with E-state index in [1.165, 1.54) is 0 Å². The van der Waals surface area contributed by atoms with Crippen molar-refractivity contribution in [2.45, 2.75) is 26.3 Å². The van der Waals surface area contributed by atoms with Crippen molar-refractivity contribution in [2.24, 2.45) is 5.92 Å². The summed E-state index contributed by atoms with van der Waals surface area (Å²) in [6.45, 7) is 4.75. The Morgan fingerprint density at radius 3 is 2.96 bits per heavy atom. The van der Waals surface area contributed by atoms with Crippen molar-refractivity contribution in [2.75, 3.05) is 20.2 Å². The summed E-state index contributed by atoms with van der Waals surface area (Å²) < 4.78 is 18.8. The number of aryl methyl sites for hydroxylation is 1. The van der Waals surface area contributed by atoms with Crippen molar-refractivity contribution in [3.05, 3.63) is 59.0 Å². The molecule has 0 radical (unpaired) electrons. The molecule has 0 spiro atoms. The van der Waals surface area contributed by atoms with Crippen molar-refractivity contribution in [1.29, 1.82) is 0 Å².